The number of fused-ring (bicyclic) bond motifs is 5. The predicted molar refractivity (Wildman–Crippen MR) is 229 cm³/mol. The highest BCUT2D eigenvalue weighted by atomic mass is 32.2. The van der Waals surface area contributed by atoms with Crippen molar-refractivity contribution in [3.63, 3.8) is 0 Å². The molecule has 0 saturated carbocycles. The van der Waals surface area contributed by atoms with Gasteiger partial charge in [0.2, 0.25) is 0 Å². The average Bonchev–Trinajstić information content (AvgIpc) is 3.67. The lowest BCUT2D eigenvalue weighted by Gasteiger charge is -2.32. The van der Waals surface area contributed by atoms with Crippen molar-refractivity contribution in [3.8, 4) is 11.5 Å². The molecule has 5 rings (SSSR count). The van der Waals surface area contributed by atoms with Crippen molar-refractivity contribution in [1.82, 2.24) is 4.98 Å². The maximum atomic E-state index is 15.7. The number of esters is 1. The topological polar surface area (TPSA) is 130 Å². The van der Waals surface area contributed by atoms with Crippen molar-refractivity contribution in [3.05, 3.63) is 94.7 Å². The van der Waals surface area contributed by atoms with Gasteiger partial charge >= 0.3 is 5.97 Å². The number of aromatic nitrogens is 1. The van der Waals surface area contributed by atoms with Gasteiger partial charge in [0, 0.05) is 48.3 Å². The smallest absolute Gasteiger partial charge is 0.309 e. The Hall–Kier alpha value is -4.30. The van der Waals surface area contributed by atoms with Crippen LogP contribution in [0.3, 0.4) is 0 Å². The van der Waals surface area contributed by atoms with Gasteiger partial charge in [0.25, 0.3) is 0 Å². The lowest BCUT2D eigenvalue weighted by atomic mass is 9.74. The van der Waals surface area contributed by atoms with E-state index < -0.39 is 23.0 Å². The third kappa shape index (κ3) is 11.9. The molecule has 1 aliphatic rings. The first-order valence-electron chi connectivity index (χ1n) is 19.9. The van der Waals surface area contributed by atoms with Crippen LogP contribution >= 0.6 is 11.8 Å². The van der Waals surface area contributed by atoms with E-state index >= 15 is 8.78 Å². The molecule has 0 amide bonds. The van der Waals surface area contributed by atoms with Gasteiger partial charge in [-0.1, -0.05) is 51.5 Å². The summed E-state index contributed by atoms with van der Waals surface area (Å²) < 4.78 is 58.9. The number of rotatable bonds is 13. The van der Waals surface area contributed by atoms with E-state index in [4.69, 9.17) is 34.4 Å². The summed E-state index contributed by atoms with van der Waals surface area (Å²) in [6, 6.07) is 15.6. The number of methoxy groups -OCH3 is 1. The molecule has 0 spiro atoms. The zero-order valence-corrected chi connectivity index (χ0v) is 35.4. The van der Waals surface area contributed by atoms with Crippen LogP contribution in [-0.4, -0.2) is 87.9 Å². The fourth-order valence-electron chi connectivity index (χ4n) is 7.13. The van der Waals surface area contributed by atoms with Crippen LogP contribution in [0.25, 0.3) is 10.9 Å². The fraction of sp³-hybridized carbons (Fsp3) is 0.489. The van der Waals surface area contributed by atoms with E-state index in [1.807, 2.05) is 43.0 Å². The van der Waals surface area contributed by atoms with E-state index in [0.717, 1.165) is 46.4 Å². The summed E-state index contributed by atoms with van der Waals surface area (Å²) in [7, 11) is 3.15. The van der Waals surface area contributed by atoms with Crippen LogP contribution in [0.15, 0.2) is 70.8 Å². The minimum absolute atomic E-state index is 0.00920. The largest absolute Gasteiger partial charge is 0.463 e. The maximum Gasteiger partial charge on any atom is 0.309 e. The zero-order valence-electron chi connectivity index (χ0n) is 34.6. The summed E-state index contributed by atoms with van der Waals surface area (Å²) in [5.41, 5.74) is 9.60. The van der Waals surface area contributed by atoms with Gasteiger partial charge < -0.3 is 34.4 Å². The predicted octanol–water partition coefficient (Wildman–Crippen LogP) is 8.82. The molecule has 4 aromatic rings. The van der Waals surface area contributed by atoms with Gasteiger partial charge in [-0.3, -0.25) is 9.79 Å². The van der Waals surface area contributed by atoms with Crippen molar-refractivity contribution in [2.75, 3.05) is 65.3 Å². The second-order valence-corrected chi connectivity index (χ2v) is 16.8. The fourth-order valence-corrected chi connectivity index (χ4v) is 8.32. The molecule has 10 nitrogen and oxygen atoms in total. The van der Waals surface area contributed by atoms with Crippen LogP contribution in [-0.2, 0) is 42.0 Å². The van der Waals surface area contributed by atoms with Gasteiger partial charge in [0.15, 0.2) is 17.4 Å². The van der Waals surface area contributed by atoms with Crippen LogP contribution in [0.5, 0.6) is 11.5 Å². The quantitative estimate of drug-likeness (QED) is 0.101. The first kappa shape index (κ1) is 44.8. The summed E-state index contributed by atoms with van der Waals surface area (Å²) >= 11 is 1.83. The number of aromatic amines is 1. The number of carbonyl (C=O) groups is 1. The van der Waals surface area contributed by atoms with Crippen molar-refractivity contribution < 1.29 is 37.3 Å². The summed E-state index contributed by atoms with van der Waals surface area (Å²) in [5, 5.41) is 0.886. The Balaban J connectivity index is 1.40. The van der Waals surface area contributed by atoms with Crippen LogP contribution in [0.2, 0.25) is 0 Å². The highest BCUT2D eigenvalue weighted by Crippen LogP contribution is 2.38. The minimum Gasteiger partial charge on any atom is -0.463 e. The van der Waals surface area contributed by atoms with Crippen molar-refractivity contribution in [2.24, 2.45) is 27.1 Å². The first-order valence-corrected chi connectivity index (χ1v) is 21.1. The lowest BCUT2D eigenvalue weighted by Crippen LogP contribution is -2.40. The van der Waals surface area contributed by atoms with E-state index in [9.17, 15) is 4.79 Å². The van der Waals surface area contributed by atoms with Gasteiger partial charge in [-0.15, -0.1) is 0 Å². The lowest BCUT2D eigenvalue weighted by molar-refractivity contribution is -0.149. The monoisotopic (exact) mass is 820 g/mol. The molecule has 1 aliphatic heterocycles. The second-order valence-electron chi connectivity index (χ2n) is 15.7. The molecule has 2 atom stereocenters. The summed E-state index contributed by atoms with van der Waals surface area (Å²) in [6.45, 7) is 10.7. The van der Waals surface area contributed by atoms with Gasteiger partial charge in [-0.2, -0.15) is 11.8 Å². The van der Waals surface area contributed by atoms with Gasteiger partial charge in [0.05, 0.1) is 44.5 Å². The highest BCUT2D eigenvalue weighted by Gasteiger charge is 2.33. The molecule has 0 saturated heterocycles. The number of hydrogen-bond acceptors (Lipinski definition) is 9. The molecule has 314 valence electrons. The van der Waals surface area contributed by atoms with Crippen LogP contribution in [0.4, 0.5) is 8.78 Å². The van der Waals surface area contributed by atoms with Gasteiger partial charge in [-0.25, -0.2) is 13.8 Å². The normalized spacial score (nSPS) is 19.1. The zero-order chi connectivity index (χ0) is 41.7. The molecule has 1 aromatic heterocycles. The number of benzene rings is 3. The van der Waals surface area contributed by atoms with E-state index in [1.165, 1.54) is 31.3 Å². The number of halogens is 2. The Morgan fingerprint density at radius 1 is 1.00 bits per heavy atom. The number of nitrogens with zero attached hydrogens (tertiary/aromatic N) is 2. The molecule has 3 N–H and O–H groups in total. The van der Waals surface area contributed by atoms with Gasteiger partial charge in [-0.05, 0) is 84.9 Å². The van der Waals surface area contributed by atoms with E-state index in [1.54, 1.807) is 13.3 Å². The molecule has 3 aromatic carbocycles. The number of aryl methyl sites for hydroxylation is 1. The second kappa shape index (κ2) is 21.1. The molecule has 2 bridgehead atoms. The number of H-pyrrole nitrogens is 1. The van der Waals surface area contributed by atoms with E-state index in [-0.39, 0.29) is 53.3 Å². The number of ether oxygens (including phenoxy) is 5. The molecule has 0 fully saturated rings. The average molecular weight is 821 g/mol. The van der Waals surface area contributed by atoms with E-state index in [2.05, 4.69) is 36.8 Å². The number of hydrogen-bond donors (Lipinski definition) is 2. The van der Waals surface area contributed by atoms with Crippen LogP contribution in [0, 0.1) is 23.0 Å². The number of carbonyl (C=O) groups excluding carboxylic acids is 1. The molecular formula is C45H58F2N4O6S. The molecule has 2 unspecified atom stereocenters. The highest BCUT2D eigenvalue weighted by molar-refractivity contribution is 7.99. The first-order chi connectivity index (χ1) is 27.8. The molecular weight excluding hydrogens is 763 g/mol. The number of amidine groups is 2. The molecule has 2 heterocycles. The number of aliphatic imine (C=N–C) groups is 2. The van der Waals surface area contributed by atoms with Crippen LogP contribution in [0.1, 0.15) is 69.2 Å². The van der Waals surface area contributed by atoms with Crippen molar-refractivity contribution in [1.29, 1.82) is 0 Å². The standard InChI is InChI=1S/C45H58F2N4O6S/c1-30(42(52)56-23-22-55-21-20-54-19-18-53-6)25-31-9-7-10-32(26-31)45(4)16-8-15-44(2,3)29-58-24-14-35-34-13-17-50-39(34)28-38(47)40(35)57-33-11-12-37(46)36(27-33)41(49-5)51-43(45)48/h7,9-13,17,26-28,30,50H,8,14-16,18-25,29H2,1-6H3,(H2,48,49,51). The molecule has 0 radical (unpaired) electrons. The summed E-state index contributed by atoms with van der Waals surface area (Å²) in [5.74, 6) is 0.596. The minimum atomic E-state index is -0.774. The van der Waals surface area contributed by atoms with Gasteiger partial charge in [0.1, 0.15) is 24.0 Å². The summed E-state index contributed by atoms with van der Waals surface area (Å²) in [6.07, 6.45) is 5.25. The number of nitrogens with one attached hydrogen (secondary N) is 1. The Labute approximate surface area is 345 Å². The Bertz CT molecular complexity index is 2050. The molecule has 0 aliphatic carbocycles. The third-order valence-corrected chi connectivity index (χ3v) is 12.1. The molecule has 58 heavy (non-hydrogen) atoms. The Kier molecular flexibility index (Phi) is 16.3. The number of thioether (sulfide) groups is 1. The Morgan fingerprint density at radius 2 is 1.76 bits per heavy atom. The maximum absolute atomic E-state index is 15.7. The third-order valence-electron chi connectivity index (χ3n) is 10.6. The molecule has 13 heteroatoms. The van der Waals surface area contributed by atoms with Crippen molar-refractivity contribution >= 4 is 40.3 Å². The number of nitrogens with two attached hydrogens (primary N) is 1. The van der Waals surface area contributed by atoms with Crippen molar-refractivity contribution in [2.45, 2.75) is 65.2 Å². The SMILES string of the molecule is CN=C1N=C(N)C(C)(c2cccc(CC(C)C(=O)OCCOCCOCCOC)c2)CCCC(C)(C)CSCCc2c(c(F)cc3[nH]ccc23)Oc2ccc(F)c1c2. The van der Waals surface area contributed by atoms with E-state index in [0.29, 0.717) is 51.2 Å². The Morgan fingerprint density at radius 3 is 2.52 bits per heavy atom. The van der Waals surface area contributed by atoms with Crippen LogP contribution < -0.4 is 10.5 Å². The summed E-state index contributed by atoms with van der Waals surface area (Å²) in [4.78, 5) is 25.2.